The summed E-state index contributed by atoms with van der Waals surface area (Å²) in [6.45, 7) is 9.21. The number of ether oxygens (including phenoxy) is 1. The van der Waals surface area contributed by atoms with Crippen molar-refractivity contribution in [3.05, 3.63) is 34.9 Å². The average Bonchev–Trinajstić information content (AvgIpc) is 2.42. The first-order chi connectivity index (χ1) is 9.63. The number of rotatable bonds is 10. The van der Waals surface area contributed by atoms with E-state index in [1.165, 1.54) is 5.56 Å². The van der Waals surface area contributed by atoms with Crippen molar-refractivity contribution in [3.63, 3.8) is 0 Å². The number of benzene rings is 1. The third-order valence-electron chi connectivity index (χ3n) is 3.30. The summed E-state index contributed by atoms with van der Waals surface area (Å²) in [4.78, 5) is 0. The molecule has 0 bridgehead atoms. The summed E-state index contributed by atoms with van der Waals surface area (Å²) in [5.74, 6) is 0.564. The molecule has 2 nitrogen and oxygen atoms in total. The van der Waals surface area contributed by atoms with Crippen LogP contribution in [0.5, 0.6) is 0 Å². The first-order valence-corrected chi connectivity index (χ1v) is 8.05. The van der Waals surface area contributed by atoms with Crippen LogP contribution in [-0.4, -0.2) is 25.8 Å². The van der Waals surface area contributed by atoms with Gasteiger partial charge in [-0.2, -0.15) is 0 Å². The summed E-state index contributed by atoms with van der Waals surface area (Å²) in [6.07, 6.45) is 3.17. The molecule has 0 fully saturated rings. The Balaban J connectivity index is 2.50. The van der Waals surface area contributed by atoms with Crippen molar-refractivity contribution >= 4 is 11.6 Å². The molecule has 0 spiro atoms. The lowest BCUT2D eigenvalue weighted by Crippen LogP contribution is -2.30. The van der Waals surface area contributed by atoms with E-state index in [-0.39, 0.29) is 0 Å². The summed E-state index contributed by atoms with van der Waals surface area (Å²) >= 11 is 6.26. The van der Waals surface area contributed by atoms with Crippen molar-refractivity contribution in [2.75, 3.05) is 19.8 Å². The highest BCUT2D eigenvalue weighted by atomic mass is 35.5. The molecule has 20 heavy (non-hydrogen) atoms. The van der Waals surface area contributed by atoms with Crippen molar-refractivity contribution in [2.24, 2.45) is 5.92 Å². The Morgan fingerprint density at radius 2 is 1.95 bits per heavy atom. The number of hydrogen-bond donors (Lipinski definition) is 1. The molecule has 0 aliphatic carbocycles. The molecule has 0 saturated carbocycles. The van der Waals surface area contributed by atoms with Crippen LogP contribution in [0.1, 0.15) is 39.2 Å². The van der Waals surface area contributed by atoms with E-state index in [1.54, 1.807) is 0 Å². The molecule has 0 radical (unpaired) electrons. The molecule has 0 aliphatic heterocycles. The summed E-state index contributed by atoms with van der Waals surface area (Å²) in [5, 5.41) is 4.40. The Kier molecular flexibility index (Phi) is 8.92. The van der Waals surface area contributed by atoms with Crippen LogP contribution in [0.25, 0.3) is 0 Å². The molecular formula is C17H28ClNO. The van der Waals surface area contributed by atoms with Crippen LogP contribution in [0.15, 0.2) is 24.3 Å². The molecule has 114 valence electrons. The zero-order valence-corrected chi connectivity index (χ0v) is 13.7. The molecule has 1 N–H and O–H groups in total. The van der Waals surface area contributed by atoms with E-state index in [0.717, 1.165) is 44.0 Å². The minimum absolute atomic E-state index is 0.514. The molecule has 1 aromatic rings. The Bertz CT molecular complexity index is 368. The van der Waals surface area contributed by atoms with E-state index < -0.39 is 0 Å². The smallest absolute Gasteiger partial charge is 0.0469 e. The Hall–Kier alpha value is -0.570. The maximum absolute atomic E-state index is 6.26. The fourth-order valence-corrected chi connectivity index (χ4v) is 2.36. The molecule has 0 amide bonds. The molecule has 1 aromatic carbocycles. The standard InChI is InChI=1S/C17H28ClNO/c1-4-10-20-11-9-15(13-19-14(2)3)12-16-7-5-6-8-17(16)18/h5-8,14-15,19H,4,9-13H2,1-3H3. The van der Waals surface area contributed by atoms with E-state index in [9.17, 15) is 0 Å². The summed E-state index contributed by atoms with van der Waals surface area (Å²) < 4.78 is 5.63. The van der Waals surface area contributed by atoms with Crippen LogP contribution in [0.4, 0.5) is 0 Å². The average molecular weight is 298 g/mol. The maximum Gasteiger partial charge on any atom is 0.0469 e. The first-order valence-electron chi connectivity index (χ1n) is 7.68. The van der Waals surface area contributed by atoms with Crippen LogP contribution in [0.3, 0.4) is 0 Å². The lowest BCUT2D eigenvalue weighted by atomic mass is 9.96. The number of nitrogens with one attached hydrogen (secondary N) is 1. The zero-order valence-electron chi connectivity index (χ0n) is 13.0. The second-order valence-electron chi connectivity index (χ2n) is 5.63. The largest absolute Gasteiger partial charge is 0.381 e. The second kappa shape index (κ2) is 10.2. The van der Waals surface area contributed by atoms with Crippen molar-refractivity contribution in [1.82, 2.24) is 5.32 Å². The van der Waals surface area contributed by atoms with Gasteiger partial charge in [0.2, 0.25) is 0 Å². The predicted octanol–water partition coefficient (Wildman–Crippen LogP) is 4.31. The van der Waals surface area contributed by atoms with E-state index in [4.69, 9.17) is 16.3 Å². The van der Waals surface area contributed by atoms with Gasteiger partial charge in [0.15, 0.2) is 0 Å². The Morgan fingerprint density at radius 3 is 2.60 bits per heavy atom. The minimum Gasteiger partial charge on any atom is -0.381 e. The Morgan fingerprint density at radius 1 is 1.20 bits per heavy atom. The van der Waals surface area contributed by atoms with Gasteiger partial charge in [-0.05, 0) is 43.4 Å². The highest BCUT2D eigenvalue weighted by Gasteiger charge is 2.12. The third-order valence-corrected chi connectivity index (χ3v) is 3.67. The van der Waals surface area contributed by atoms with Gasteiger partial charge in [0.25, 0.3) is 0 Å². The van der Waals surface area contributed by atoms with Gasteiger partial charge < -0.3 is 10.1 Å². The van der Waals surface area contributed by atoms with Crippen LogP contribution in [0.2, 0.25) is 5.02 Å². The monoisotopic (exact) mass is 297 g/mol. The highest BCUT2D eigenvalue weighted by Crippen LogP contribution is 2.20. The normalized spacial score (nSPS) is 12.8. The fourth-order valence-electron chi connectivity index (χ4n) is 2.15. The summed E-state index contributed by atoms with van der Waals surface area (Å²) in [6, 6.07) is 8.65. The number of hydrogen-bond acceptors (Lipinski definition) is 2. The van der Waals surface area contributed by atoms with E-state index >= 15 is 0 Å². The van der Waals surface area contributed by atoms with Gasteiger partial charge in [-0.1, -0.05) is 50.6 Å². The van der Waals surface area contributed by atoms with E-state index in [1.807, 2.05) is 12.1 Å². The summed E-state index contributed by atoms with van der Waals surface area (Å²) in [5.41, 5.74) is 1.24. The quantitative estimate of drug-likeness (QED) is 0.650. The van der Waals surface area contributed by atoms with E-state index in [0.29, 0.717) is 12.0 Å². The lowest BCUT2D eigenvalue weighted by molar-refractivity contribution is 0.120. The van der Waals surface area contributed by atoms with Gasteiger partial charge in [0.1, 0.15) is 0 Å². The van der Waals surface area contributed by atoms with Gasteiger partial charge in [-0.3, -0.25) is 0 Å². The minimum atomic E-state index is 0.514. The van der Waals surface area contributed by atoms with E-state index in [2.05, 4.69) is 38.2 Å². The van der Waals surface area contributed by atoms with Gasteiger partial charge in [-0.15, -0.1) is 0 Å². The van der Waals surface area contributed by atoms with Crippen molar-refractivity contribution in [1.29, 1.82) is 0 Å². The molecular weight excluding hydrogens is 270 g/mol. The SMILES string of the molecule is CCCOCCC(CNC(C)C)Cc1ccccc1Cl. The van der Waals surface area contributed by atoms with Gasteiger partial charge in [0.05, 0.1) is 0 Å². The molecule has 1 rings (SSSR count). The highest BCUT2D eigenvalue weighted by molar-refractivity contribution is 6.31. The van der Waals surface area contributed by atoms with Crippen molar-refractivity contribution in [3.8, 4) is 0 Å². The Labute approximate surface area is 128 Å². The molecule has 0 saturated heterocycles. The first kappa shape index (κ1) is 17.5. The zero-order chi connectivity index (χ0) is 14.8. The van der Waals surface area contributed by atoms with Crippen LogP contribution in [-0.2, 0) is 11.2 Å². The topological polar surface area (TPSA) is 21.3 Å². The van der Waals surface area contributed by atoms with Crippen LogP contribution < -0.4 is 5.32 Å². The number of halogens is 1. The van der Waals surface area contributed by atoms with Crippen molar-refractivity contribution in [2.45, 2.75) is 46.1 Å². The fraction of sp³-hybridized carbons (Fsp3) is 0.647. The van der Waals surface area contributed by atoms with Gasteiger partial charge in [0, 0.05) is 24.3 Å². The molecule has 0 aromatic heterocycles. The maximum atomic E-state index is 6.26. The molecule has 0 aliphatic rings. The van der Waals surface area contributed by atoms with Gasteiger partial charge >= 0.3 is 0 Å². The molecule has 3 heteroatoms. The predicted molar refractivity (Wildman–Crippen MR) is 87.5 cm³/mol. The summed E-state index contributed by atoms with van der Waals surface area (Å²) in [7, 11) is 0. The van der Waals surface area contributed by atoms with Gasteiger partial charge in [-0.25, -0.2) is 0 Å². The third kappa shape index (κ3) is 7.28. The van der Waals surface area contributed by atoms with Crippen LogP contribution >= 0.6 is 11.6 Å². The van der Waals surface area contributed by atoms with Crippen molar-refractivity contribution < 1.29 is 4.74 Å². The van der Waals surface area contributed by atoms with Crippen LogP contribution in [0, 0.1) is 5.92 Å². The molecule has 1 unspecified atom stereocenters. The molecule has 0 heterocycles. The lowest BCUT2D eigenvalue weighted by Gasteiger charge is -2.20. The molecule has 1 atom stereocenters. The second-order valence-corrected chi connectivity index (χ2v) is 6.03.